The Balaban J connectivity index is 1.55. The van der Waals surface area contributed by atoms with Crippen LogP contribution in [0.15, 0.2) is 18.3 Å². The second-order valence-electron chi connectivity index (χ2n) is 6.01. The number of pyridine rings is 1. The summed E-state index contributed by atoms with van der Waals surface area (Å²) in [5.74, 6) is 0.678. The number of aromatic nitrogens is 1. The van der Waals surface area contributed by atoms with Crippen LogP contribution in [0.3, 0.4) is 0 Å². The van der Waals surface area contributed by atoms with E-state index in [-0.39, 0.29) is 6.10 Å². The summed E-state index contributed by atoms with van der Waals surface area (Å²) in [4.78, 5) is 9.07. The van der Waals surface area contributed by atoms with Gasteiger partial charge in [0.25, 0.3) is 0 Å². The van der Waals surface area contributed by atoms with Crippen LogP contribution >= 0.6 is 0 Å². The molecule has 2 saturated heterocycles. The standard InChI is InChI=1S/C16H25N3O2/c1-2-21-16-6-5-13(9-17-16)10-18-11-14(15(20)12-18)19-7-3-4-8-19/h5-6,9,14-15,20H,2-4,7-8,10-12H2,1H3/t14-,15-/m0/s1. The van der Waals surface area contributed by atoms with Crippen molar-refractivity contribution in [2.24, 2.45) is 0 Å². The number of aliphatic hydroxyl groups excluding tert-OH is 1. The minimum atomic E-state index is -0.223. The Morgan fingerprint density at radius 3 is 2.76 bits per heavy atom. The molecule has 1 N–H and O–H groups in total. The van der Waals surface area contributed by atoms with Crippen LogP contribution in [-0.4, -0.2) is 64.8 Å². The van der Waals surface area contributed by atoms with Gasteiger partial charge in [-0.3, -0.25) is 9.80 Å². The number of nitrogens with zero attached hydrogens (tertiary/aromatic N) is 3. The molecular weight excluding hydrogens is 266 g/mol. The Morgan fingerprint density at radius 1 is 1.29 bits per heavy atom. The van der Waals surface area contributed by atoms with Crippen LogP contribution in [0, 0.1) is 0 Å². The minimum Gasteiger partial charge on any atom is -0.478 e. The van der Waals surface area contributed by atoms with E-state index in [4.69, 9.17) is 4.74 Å². The van der Waals surface area contributed by atoms with Gasteiger partial charge < -0.3 is 9.84 Å². The van der Waals surface area contributed by atoms with Crippen molar-refractivity contribution in [2.75, 3.05) is 32.8 Å². The molecule has 0 unspecified atom stereocenters. The maximum atomic E-state index is 10.3. The molecule has 3 heterocycles. The molecule has 0 radical (unpaired) electrons. The van der Waals surface area contributed by atoms with Gasteiger partial charge in [-0.15, -0.1) is 0 Å². The van der Waals surface area contributed by atoms with Crippen molar-refractivity contribution in [1.29, 1.82) is 0 Å². The first-order valence-electron chi connectivity index (χ1n) is 7.98. The van der Waals surface area contributed by atoms with E-state index in [1.807, 2.05) is 19.2 Å². The Hall–Kier alpha value is -1.17. The summed E-state index contributed by atoms with van der Waals surface area (Å²) < 4.78 is 5.36. The third kappa shape index (κ3) is 3.54. The molecule has 5 nitrogen and oxygen atoms in total. The molecular formula is C16H25N3O2. The molecule has 0 aliphatic carbocycles. The number of likely N-dealkylation sites (tertiary alicyclic amines) is 2. The average Bonchev–Trinajstić information content (AvgIpc) is 3.11. The van der Waals surface area contributed by atoms with Crippen molar-refractivity contribution in [2.45, 2.75) is 38.5 Å². The minimum absolute atomic E-state index is 0.223. The highest BCUT2D eigenvalue weighted by Crippen LogP contribution is 2.22. The first-order valence-corrected chi connectivity index (χ1v) is 7.98. The van der Waals surface area contributed by atoms with Crippen LogP contribution in [0.4, 0.5) is 0 Å². The number of aliphatic hydroxyl groups is 1. The van der Waals surface area contributed by atoms with Crippen LogP contribution < -0.4 is 4.74 Å². The first-order chi connectivity index (χ1) is 10.3. The van der Waals surface area contributed by atoms with E-state index >= 15 is 0 Å². The van der Waals surface area contributed by atoms with E-state index in [9.17, 15) is 5.11 Å². The van der Waals surface area contributed by atoms with Gasteiger partial charge in [0.05, 0.1) is 12.7 Å². The molecule has 1 aromatic heterocycles. The number of ether oxygens (including phenoxy) is 1. The van der Waals surface area contributed by atoms with Gasteiger partial charge in [0, 0.05) is 37.9 Å². The van der Waals surface area contributed by atoms with Gasteiger partial charge >= 0.3 is 0 Å². The van der Waals surface area contributed by atoms with Crippen molar-refractivity contribution < 1.29 is 9.84 Å². The molecule has 2 aliphatic rings. The lowest BCUT2D eigenvalue weighted by atomic mass is 10.2. The topological polar surface area (TPSA) is 48.8 Å². The molecule has 0 aromatic carbocycles. The van der Waals surface area contributed by atoms with Gasteiger partial charge in [-0.05, 0) is 38.4 Å². The fraction of sp³-hybridized carbons (Fsp3) is 0.688. The van der Waals surface area contributed by atoms with Crippen molar-refractivity contribution in [1.82, 2.24) is 14.8 Å². The molecule has 0 saturated carbocycles. The molecule has 0 amide bonds. The Bertz CT molecular complexity index is 445. The molecule has 2 fully saturated rings. The molecule has 2 aliphatic heterocycles. The zero-order valence-corrected chi connectivity index (χ0v) is 12.7. The molecule has 0 bridgehead atoms. The predicted molar refractivity (Wildman–Crippen MR) is 81.3 cm³/mol. The predicted octanol–water partition coefficient (Wildman–Crippen LogP) is 1.12. The fourth-order valence-electron chi connectivity index (χ4n) is 3.40. The van der Waals surface area contributed by atoms with Gasteiger partial charge in [0.15, 0.2) is 0 Å². The van der Waals surface area contributed by atoms with Crippen molar-refractivity contribution in [3.63, 3.8) is 0 Å². The summed E-state index contributed by atoms with van der Waals surface area (Å²) in [5.41, 5.74) is 1.17. The van der Waals surface area contributed by atoms with Crippen LogP contribution in [0.1, 0.15) is 25.3 Å². The quantitative estimate of drug-likeness (QED) is 0.881. The lowest BCUT2D eigenvalue weighted by Gasteiger charge is -2.25. The number of rotatable bonds is 5. The lowest BCUT2D eigenvalue weighted by Crippen LogP contribution is -2.41. The summed E-state index contributed by atoms with van der Waals surface area (Å²) in [6.45, 7) is 7.44. The van der Waals surface area contributed by atoms with Crippen LogP contribution in [-0.2, 0) is 6.54 Å². The Kier molecular flexibility index (Phi) is 4.73. The fourth-order valence-corrected chi connectivity index (χ4v) is 3.40. The van der Waals surface area contributed by atoms with Crippen molar-refractivity contribution >= 4 is 0 Å². The Morgan fingerprint density at radius 2 is 2.10 bits per heavy atom. The van der Waals surface area contributed by atoms with E-state index in [0.717, 1.165) is 32.7 Å². The second kappa shape index (κ2) is 6.73. The zero-order chi connectivity index (χ0) is 14.7. The second-order valence-corrected chi connectivity index (χ2v) is 6.01. The summed E-state index contributed by atoms with van der Waals surface area (Å²) in [5, 5.41) is 10.3. The zero-order valence-electron chi connectivity index (χ0n) is 12.7. The normalized spacial score (nSPS) is 27.3. The summed E-state index contributed by atoms with van der Waals surface area (Å²) in [6, 6.07) is 4.29. The van der Waals surface area contributed by atoms with Crippen LogP contribution in [0.2, 0.25) is 0 Å². The highest BCUT2D eigenvalue weighted by atomic mass is 16.5. The maximum Gasteiger partial charge on any atom is 0.213 e. The third-order valence-corrected chi connectivity index (χ3v) is 4.44. The summed E-state index contributed by atoms with van der Waals surface area (Å²) in [6.07, 6.45) is 4.19. The number of β-amino-alcohol motifs (C(OH)–C–C–N with tert-alkyl or cyclic N) is 1. The molecule has 5 heteroatoms. The van der Waals surface area contributed by atoms with E-state index in [0.29, 0.717) is 18.5 Å². The van der Waals surface area contributed by atoms with Crippen molar-refractivity contribution in [3.05, 3.63) is 23.9 Å². The molecule has 0 spiro atoms. The summed E-state index contributed by atoms with van der Waals surface area (Å²) in [7, 11) is 0. The smallest absolute Gasteiger partial charge is 0.213 e. The highest BCUT2D eigenvalue weighted by Gasteiger charge is 2.36. The maximum absolute atomic E-state index is 10.3. The van der Waals surface area contributed by atoms with E-state index in [2.05, 4.69) is 20.9 Å². The molecule has 21 heavy (non-hydrogen) atoms. The van der Waals surface area contributed by atoms with Gasteiger partial charge in [0.2, 0.25) is 5.88 Å². The Labute approximate surface area is 126 Å². The van der Waals surface area contributed by atoms with Crippen molar-refractivity contribution in [3.8, 4) is 5.88 Å². The molecule has 1 aromatic rings. The van der Waals surface area contributed by atoms with Gasteiger partial charge in [0.1, 0.15) is 0 Å². The SMILES string of the molecule is CCOc1ccc(CN2C[C@H](O)[C@@H](N3CCCC3)C2)cn1. The van der Waals surface area contributed by atoms with E-state index < -0.39 is 0 Å². The molecule has 2 atom stereocenters. The third-order valence-electron chi connectivity index (χ3n) is 4.44. The molecule has 3 rings (SSSR count). The monoisotopic (exact) mass is 291 g/mol. The number of hydrogen-bond acceptors (Lipinski definition) is 5. The van der Waals surface area contributed by atoms with Crippen LogP contribution in [0.5, 0.6) is 5.88 Å². The highest BCUT2D eigenvalue weighted by molar-refractivity contribution is 5.18. The average molecular weight is 291 g/mol. The number of hydrogen-bond donors (Lipinski definition) is 1. The van der Waals surface area contributed by atoms with Crippen LogP contribution in [0.25, 0.3) is 0 Å². The van der Waals surface area contributed by atoms with Gasteiger partial charge in [-0.1, -0.05) is 6.07 Å². The van der Waals surface area contributed by atoms with E-state index in [1.165, 1.54) is 18.4 Å². The molecule has 116 valence electrons. The van der Waals surface area contributed by atoms with Gasteiger partial charge in [-0.2, -0.15) is 0 Å². The summed E-state index contributed by atoms with van der Waals surface area (Å²) >= 11 is 0. The van der Waals surface area contributed by atoms with E-state index in [1.54, 1.807) is 0 Å². The van der Waals surface area contributed by atoms with Gasteiger partial charge in [-0.25, -0.2) is 4.98 Å². The largest absolute Gasteiger partial charge is 0.478 e. The lowest BCUT2D eigenvalue weighted by molar-refractivity contribution is 0.0978. The first kappa shape index (κ1) is 14.8.